The minimum Gasteiger partial charge on any atom is -0.321 e. The number of nitrogens with zero attached hydrogens (tertiary/aromatic N) is 1. The summed E-state index contributed by atoms with van der Waals surface area (Å²) in [5, 5.41) is 4.86. The molecule has 1 aromatic heterocycles. The fraction of sp³-hybridized carbons (Fsp3) is 0.333. The van der Waals surface area contributed by atoms with Gasteiger partial charge in [-0.15, -0.1) is 11.3 Å². The van der Waals surface area contributed by atoms with E-state index >= 15 is 0 Å². The summed E-state index contributed by atoms with van der Waals surface area (Å²) in [5.41, 5.74) is 2.76. The lowest BCUT2D eigenvalue weighted by Gasteiger charge is -2.30. The van der Waals surface area contributed by atoms with Crippen molar-refractivity contribution in [3.8, 4) is 0 Å². The van der Waals surface area contributed by atoms with Crippen molar-refractivity contribution in [2.75, 3.05) is 18.4 Å². The van der Waals surface area contributed by atoms with E-state index in [2.05, 4.69) is 23.5 Å². The second-order valence-electron chi connectivity index (χ2n) is 7.11. The molecule has 1 aliphatic rings. The second kappa shape index (κ2) is 7.97. The maximum atomic E-state index is 12.7. The average Bonchev–Trinajstić information content (AvgIpc) is 3.10. The van der Waals surface area contributed by atoms with E-state index in [0.717, 1.165) is 41.2 Å². The van der Waals surface area contributed by atoms with Crippen molar-refractivity contribution in [1.82, 2.24) is 4.98 Å². The Kier molecular flexibility index (Phi) is 5.43. The molecule has 0 radical (unpaired) electrons. The van der Waals surface area contributed by atoms with Gasteiger partial charge in [0, 0.05) is 17.1 Å². The summed E-state index contributed by atoms with van der Waals surface area (Å²) >= 11 is 7.93. The molecule has 4 nitrogen and oxygen atoms in total. The van der Waals surface area contributed by atoms with E-state index in [1.165, 1.54) is 16.0 Å². The normalized spacial score (nSPS) is 19.9. The van der Waals surface area contributed by atoms with Crippen LogP contribution in [0.4, 0.5) is 5.69 Å². The highest BCUT2D eigenvalue weighted by Gasteiger charge is 2.32. The van der Waals surface area contributed by atoms with Crippen LogP contribution in [0.3, 0.4) is 0 Å². The van der Waals surface area contributed by atoms with Crippen molar-refractivity contribution in [3.63, 3.8) is 0 Å². The van der Waals surface area contributed by atoms with Crippen LogP contribution in [0, 0.1) is 6.92 Å². The van der Waals surface area contributed by atoms with Gasteiger partial charge in [0.15, 0.2) is 11.6 Å². The number of para-hydroxylation sites is 1. The maximum absolute atomic E-state index is 12.7. The van der Waals surface area contributed by atoms with Crippen molar-refractivity contribution < 1.29 is 9.69 Å². The highest BCUT2D eigenvalue weighted by molar-refractivity contribution is 7.18. The smallest absolute Gasteiger partial charge is 0.279 e. The maximum Gasteiger partial charge on any atom is 0.279 e. The number of anilines is 1. The number of piperidine rings is 1. The van der Waals surface area contributed by atoms with Crippen molar-refractivity contribution in [2.24, 2.45) is 0 Å². The molecule has 2 aromatic carbocycles. The molecule has 0 bridgehead atoms. The van der Waals surface area contributed by atoms with E-state index < -0.39 is 0 Å². The molecule has 0 aliphatic carbocycles. The molecule has 1 amide bonds. The van der Waals surface area contributed by atoms with Crippen molar-refractivity contribution in [3.05, 3.63) is 58.1 Å². The number of carbonyl (C=O) groups excluding carboxylic acids is 1. The van der Waals surface area contributed by atoms with Crippen molar-refractivity contribution in [2.45, 2.75) is 32.2 Å². The van der Waals surface area contributed by atoms with Crippen LogP contribution in [-0.4, -0.2) is 24.0 Å². The predicted molar refractivity (Wildman–Crippen MR) is 112 cm³/mol. The first-order chi connectivity index (χ1) is 13.1. The minimum atomic E-state index is 0.0309. The zero-order valence-corrected chi connectivity index (χ0v) is 16.9. The molecule has 1 fully saturated rings. The summed E-state index contributed by atoms with van der Waals surface area (Å²) in [4.78, 5) is 18.9. The van der Waals surface area contributed by atoms with Crippen LogP contribution in [0.2, 0.25) is 5.02 Å². The van der Waals surface area contributed by atoms with Crippen LogP contribution in [0.5, 0.6) is 0 Å². The average molecular weight is 401 g/mol. The Morgan fingerprint density at radius 1 is 1.26 bits per heavy atom. The van der Waals surface area contributed by atoms with Crippen LogP contribution in [-0.2, 0) is 4.79 Å². The molecule has 2 heterocycles. The molecule has 1 aliphatic heterocycles. The van der Waals surface area contributed by atoms with Gasteiger partial charge in [0.05, 0.1) is 16.8 Å². The number of aromatic nitrogens is 1. The monoisotopic (exact) mass is 400 g/mol. The molecule has 2 atom stereocenters. The largest absolute Gasteiger partial charge is 0.321 e. The van der Waals surface area contributed by atoms with Crippen molar-refractivity contribution in [1.29, 1.82) is 0 Å². The van der Waals surface area contributed by atoms with E-state index in [9.17, 15) is 4.79 Å². The lowest BCUT2D eigenvalue weighted by Crippen LogP contribution is -3.14. The van der Waals surface area contributed by atoms with Crippen LogP contribution in [0.25, 0.3) is 10.2 Å². The van der Waals surface area contributed by atoms with Gasteiger partial charge < -0.3 is 10.2 Å². The molecule has 27 heavy (non-hydrogen) atoms. The molecule has 0 saturated carbocycles. The lowest BCUT2D eigenvalue weighted by atomic mass is 10.0. The van der Waals surface area contributed by atoms with Gasteiger partial charge in [-0.1, -0.05) is 29.8 Å². The number of fused-ring (bicyclic) bond motifs is 1. The Morgan fingerprint density at radius 3 is 2.96 bits per heavy atom. The fourth-order valence-corrected chi connectivity index (χ4v) is 5.11. The standard InChI is InChI=1S/C21H22ClN3OS/c1-14-15(22)7-6-9-16(14)23-20(26)13-25-12-5-4-10-18(25)21-24-17-8-2-3-11-19(17)27-21/h2-3,6-9,11,18H,4-5,10,12-13H2,1H3,(H,23,26)/p+1/t18-/m0/s1. The van der Waals surface area contributed by atoms with Crippen LogP contribution >= 0.6 is 22.9 Å². The Hall–Kier alpha value is -1.95. The third-order valence-corrected chi connectivity index (χ3v) is 6.83. The number of hydrogen-bond acceptors (Lipinski definition) is 3. The topological polar surface area (TPSA) is 46.4 Å². The summed E-state index contributed by atoms with van der Waals surface area (Å²) in [6.07, 6.45) is 3.43. The molecule has 3 aromatic rings. The molecular weight excluding hydrogens is 378 g/mol. The van der Waals surface area contributed by atoms with Gasteiger partial charge in [0.1, 0.15) is 6.04 Å². The first-order valence-electron chi connectivity index (χ1n) is 9.37. The zero-order valence-electron chi connectivity index (χ0n) is 15.3. The van der Waals surface area contributed by atoms with E-state index in [-0.39, 0.29) is 5.91 Å². The minimum absolute atomic E-state index is 0.0309. The van der Waals surface area contributed by atoms with Gasteiger partial charge in [0.25, 0.3) is 5.91 Å². The van der Waals surface area contributed by atoms with Gasteiger partial charge >= 0.3 is 0 Å². The fourth-order valence-electron chi connectivity index (χ4n) is 3.77. The molecule has 1 unspecified atom stereocenters. The summed E-state index contributed by atoms with van der Waals surface area (Å²) in [6.45, 7) is 3.38. The Bertz CT molecular complexity index is 938. The number of rotatable bonds is 4. The molecule has 0 spiro atoms. The van der Waals surface area contributed by atoms with Gasteiger partial charge in [0.2, 0.25) is 0 Å². The Morgan fingerprint density at radius 2 is 2.11 bits per heavy atom. The van der Waals surface area contributed by atoms with Crippen molar-refractivity contribution >= 4 is 44.7 Å². The molecular formula is C21H23ClN3OS+. The van der Waals surface area contributed by atoms with Crippen LogP contribution in [0.1, 0.15) is 35.9 Å². The van der Waals surface area contributed by atoms with E-state index in [0.29, 0.717) is 17.6 Å². The number of hydrogen-bond donors (Lipinski definition) is 2. The predicted octanol–water partition coefficient (Wildman–Crippen LogP) is 4.01. The Labute approximate surface area is 168 Å². The first kappa shape index (κ1) is 18.4. The van der Waals surface area contributed by atoms with Gasteiger partial charge in [-0.05, 0) is 49.6 Å². The van der Waals surface area contributed by atoms with Gasteiger partial charge in [-0.2, -0.15) is 0 Å². The van der Waals surface area contributed by atoms with E-state index in [1.54, 1.807) is 11.3 Å². The molecule has 140 valence electrons. The van der Waals surface area contributed by atoms with Gasteiger partial charge in [-0.25, -0.2) is 4.98 Å². The van der Waals surface area contributed by atoms with E-state index in [4.69, 9.17) is 16.6 Å². The molecule has 2 N–H and O–H groups in total. The number of carbonyl (C=O) groups is 1. The van der Waals surface area contributed by atoms with Crippen LogP contribution in [0.15, 0.2) is 42.5 Å². The number of quaternary nitrogens is 1. The SMILES string of the molecule is Cc1c(Cl)cccc1NC(=O)C[NH+]1CCCC[C@H]1c1nc2ccccc2s1. The van der Waals surface area contributed by atoms with E-state index in [1.807, 2.05) is 31.2 Å². The second-order valence-corrected chi connectivity index (χ2v) is 8.58. The van der Waals surface area contributed by atoms with Gasteiger partial charge in [-0.3, -0.25) is 4.79 Å². The summed E-state index contributed by atoms with van der Waals surface area (Å²) in [7, 11) is 0. The highest BCUT2D eigenvalue weighted by atomic mass is 35.5. The third-order valence-electron chi connectivity index (χ3n) is 5.27. The first-order valence-corrected chi connectivity index (χ1v) is 10.6. The number of benzene rings is 2. The number of thiazole rings is 1. The lowest BCUT2D eigenvalue weighted by molar-refractivity contribution is -0.929. The number of nitrogens with one attached hydrogen (secondary N) is 2. The summed E-state index contributed by atoms with van der Waals surface area (Å²) in [5.74, 6) is 0.0309. The Balaban J connectivity index is 1.50. The van der Waals surface area contributed by atoms with Crippen LogP contribution < -0.4 is 10.2 Å². The molecule has 6 heteroatoms. The molecule has 4 rings (SSSR count). The summed E-state index contributed by atoms with van der Waals surface area (Å²) < 4.78 is 1.22. The quantitative estimate of drug-likeness (QED) is 0.695. The highest BCUT2D eigenvalue weighted by Crippen LogP contribution is 2.28. The number of likely N-dealkylation sites (tertiary alicyclic amines) is 1. The summed E-state index contributed by atoms with van der Waals surface area (Å²) in [6, 6.07) is 14.2. The number of halogens is 1. The number of amides is 1. The zero-order chi connectivity index (χ0) is 18.8. The molecule has 1 saturated heterocycles. The third kappa shape index (κ3) is 4.00.